The van der Waals surface area contributed by atoms with Crippen LogP contribution in [0.1, 0.15) is 24.5 Å². The van der Waals surface area contributed by atoms with E-state index in [0.717, 1.165) is 12.0 Å². The fraction of sp³-hybridized carbons (Fsp3) is 0.385. The van der Waals surface area contributed by atoms with Gasteiger partial charge in [0.2, 0.25) is 0 Å². The van der Waals surface area contributed by atoms with Gasteiger partial charge in [-0.15, -0.1) is 0 Å². The van der Waals surface area contributed by atoms with Crippen LogP contribution in [0.15, 0.2) is 24.3 Å². The van der Waals surface area contributed by atoms with Gasteiger partial charge in [0.1, 0.15) is 6.61 Å². The topological polar surface area (TPSA) is 78.4 Å². The fourth-order valence-corrected chi connectivity index (χ4v) is 2.31. The van der Waals surface area contributed by atoms with Gasteiger partial charge in [0.15, 0.2) is 0 Å². The van der Waals surface area contributed by atoms with Crippen LogP contribution in [0.5, 0.6) is 0 Å². The number of benzene rings is 1. The van der Waals surface area contributed by atoms with Gasteiger partial charge in [0.25, 0.3) is 10.2 Å². The maximum atomic E-state index is 11.6. The van der Waals surface area contributed by atoms with Gasteiger partial charge in [-0.3, -0.25) is 0 Å². The second-order valence-electron chi connectivity index (χ2n) is 3.84. The van der Waals surface area contributed by atoms with E-state index in [1.165, 1.54) is 0 Å². The van der Waals surface area contributed by atoms with Crippen LogP contribution >= 0.6 is 0 Å². The van der Waals surface area contributed by atoms with Crippen LogP contribution in [0.4, 0.5) is 0 Å². The van der Waals surface area contributed by atoms with Gasteiger partial charge in [0.05, 0.1) is 0 Å². The largest absolute Gasteiger partial charge is 0.384 e. The highest BCUT2D eigenvalue weighted by Crippen LogP contribution is 2.07. The van der Waals surface area contributed by atoms with Gasteiger partial charge >= 0.3 is 0 Å². The second kappa shape index (κ2) is 7.92. The van der Waals surface area contributed by atoms with E-state index < -0.39 is 10.2 Å². The molecule has 1 aromatic rings. The molecule has 0 aliphatic rings. The first-order valence-electron chi connectivity index (χ1n) is 6.01. The average molecular weight is 282 g/mol. The number of aliphatic hydroxyl groups excluding tert-OH is 1. The van der Waals surface area contributed by atoms with Crippen molar-refractivity contribution in [1.29, 1.82) is 0 Å². The molecule has 0 radical (unpaired) electrons. The predicted octanol–water partition coefficient (Wildman–Crippen LogP) is 0.364. The summed E-state index contributed by atoms with van der Waals surface area (Å²) in [5, 5.41) is 8.68. The molecule has 3 N–H and O–H groups in total. The molecule has 5 nitrogen and oxygen atoms in total. The first-order chi connectivity index (χ1) is 9.09. The van der Waals surface area contributed by atoms with Gasteiger partial charge in [-0.05, 0) is 18.1 Å². The van der Waals surface area contributed by atoms with Crippen LogP contribution < -0.4 is 9.44 Å². The predicted molar refractivity (Wildman–Crippen MR) is 74.5 cm³/mol. The minimum Gasteiger partial charge on any atom is -0.384 e. The van der Waals surface area contributed by atoms with Crippen LogP contribution in [0.2, 0.25) is 0 Å². The standard InChI is InChI=1S/C13H18N2O3S/c1-2-9-14-19(17,18)15-11-13-7-4-3-6-12(13)8-5-10-16/h3-4,6-7,14-16H,2,9-11H2,1H3. The van der Waals surface area contributed by atoms with E-state index in [4.69, 9.17) is 5.11 Å². The van der Waals surface area contributed by atoms with Crippen LogP contribution in [0.3, 0.4) is 0 Å². The van der Waals surface area contributed by atoms with Gasteiger partial charge in [-0.2, -0.15) is 13.1 Å². The van der Waals surface area contributed by atoms with Crippen molar-refractivity contribution in [3.63, 3.8) is 0 Å². The fourth-order valence-electron chi connectivity index (χ4n) is 1.39. The molecular formula is C13H18N2O3S. The van der Waals surface area contributed by atoms with E-state index in [0.29, 0.717) is 12.1 Å². The summed E-state index contributed by atoms with van der Waals surface area (Å²) in [6.07, 6.45) is 0.736. The number of hydrogen-bond acceptors (Lipinski definition) is 3. The summed E-state index contributed by atoms with van der Waals surface area (Å²) in [5.74, 6) is 5.34. The molecule has 1 aromatic carbocycles. The highest BCUT2D eigenvalue weighted by atomic mass is 32.2. The third kappa shape index (κ3) is 5.85. The molecule has 1 rings (SSSR count). The molecule has 0 bridgehead atoms. The Hall–Kier alpha value is -1.39. The lowest BCUT2D eigenvalue weighted by Gasteiger charge is -2.08. The summed E-state index contributed by atoms with van der Waals surface area (Å²) >= 11 is 0. The van der Waals surface area contributed by atoms with E-state index >= 15 is 0 Å². The highest BCUT2D eigenvalue weighted by Gasteiger charge is 2.08. The Bertz CT molecular complexity index is 559. The summed E-state index contributed by atoms with van der Waals surface area (Å²) in [4.78, 5) is 0. The Balaban J connectivity index is 2.72. The molecule has 0 fully saturated rings. The Labute approximate surface area is 114 Å². The summed E-state index contributed by atoms with van der Waals surface area (Å²) in [5.41, 5.74) is 1.47. The zero-order valence-corrected chi connectivity index (χ0v) is 11.6. The lowest BCUT2D eigenvalue weighted by molar-refractivity contribution is 0.350. The molecule has 0 unspecified atom stereocenters. The summed E-state index contributed by atoms with van der Waals surface area (Å²) in [6.45, 7) is 2.23. The van der Waals surface area contributed by atoms with Crippen LogP contribution in [0.25, 0.3) is 0 Å². The first kappa shape index (κ1) is 15.7. The average Bonchev–Trinajstić information content (AvgIpc) is 2.41. The second-order valence-corrected chi connectivity index (χ2v) is 5.42. The quantitative estimate of drug-likeness (QED) is 0.659. The molecule has 0 aliphatic carbocycles. The van der Waals surface area contributed by atoms with Crippen LogP contribution in [-0.2, 0) is 16.8 Å². The minimum atomic E-state index is -3.48. The first-order valence-corrected chi connectivity index (χ1v) is 7.49. The third-order valence-electron chi connectivity index (χ3n) is 2.31. The maximum absolute atomic E-state index is 11.6. The lowest BCUT2D eigenvalue weighted by Crippen LogP contribution is -2.36. The Morgan fingerprint density at radius 1 is 1.26 bits per heavy atom. The van der Waals surface area contributed by atoms with Crippen molar-refractivity contribution in [3.05, 3.63) is 35.4 Å². The Morgan fingerprint density at radius 3 is 2.68 bits per heavy atom. The summed E-state index contributed by atoms with van der Waals surface area (Å²) in [6, 6.07) is 7.21. The van der Waals surface area contributed by atoms with Crippen molar-refractivity contribution < 1.29 is 13.5 Å². The summed E-state index contributed by atoms with van der Waals surface area (Å²) < 4.78 is 28.1. The van der Waals surface area contributed by atoms with E-state index in [1.807, 2.05) is 19.1 Å². The molecule has 0 saturated heterocycles. The smallest absolute Gasteiger partial charge is 0.277 e. The highest BCUT2D eigenvalue weighted by molar-refractivity contribution is 7.87. The van der Waals surface area contributed by atoms with Gasteiger partial charge in [-0.25, -0.2) is 4.72 Å². The van der Waals surface area contributed by atoms with Gasteiger partial charge < -0.3 is 5.11 Å². The van der Waals surface area contributed by atoms with E-state index in [2.05, 4.69) is 21.3 Å². The van der Waals surface area contributed by atoms with Gasteiger partial charge in [0, 0.05) is 18.7 Å². The van der Waals surface area contributed by atoms with E-state index in [-0.39, 0.29) is 13.2 Å². The molecule has 0 saturated carbocycles. The molecule has 19 heavy (non-hydrogen) atoms. The zero-order valence-electron chi connectivity index (χ0n) is 10.8. The molecular weight excluding hydrogens is 264 g/mol. The molecule has 0 aliphatic heterocycles. The Kier molecular flexibility index (Phi) is 6.53. The van der Waals surface area contributed by atoms with Crippen molar-refractivity contribution in [2.45, 2.75) is 19.9 Å². The number of rotatable bonds is 6. The molecule has 0 spiro atoms. The number of nitrogens with one attached hydrogen (secondary N) is 2. The number of hydrogen-bond donors (Lipinski definition) is 3. The zero-order chi connectivity index (χ0) is 14.1. The normalized spacial score (nSPS) is 10.8. The molecule has 0 heterocycles. The van der Waals surface area contributed by atoms with Crippen molar-refractivity contribution in [1.82, 2.24) is 9.44 Å². The lowest BCUT2D eigenvalue weighted by atomic mass is 10.1. The van der Waals surface area contributed by atoms with E-state index in [9.17, 15) is 8.42 Å². The van der Waals surface area contributed by atoms with Crippen molar-refractivity contribution >= 4 is 10.2 Å². The monoisotopic (exact) mass is 282 g/mol. The molecule has 104 valence electrons. The SMILES string of the molecule is CCCNS(=O)(=O)NCc1ccccc1C#CCO. The van der Waals surface area contributed by atoms with Crippen molar-refractivity contribution in [3.8, 4) is 11.8 Å². The molecule has 0 aromatic heterocycles. The third-order valence-corrected chi connectivity index (χ3v) is 3.42. The Morgan fingerprint density at radius 2 is 2.00 bits per heavy atom. The molecule has 6 heteroatoms. The minimum absolute atomic E-state index is 0.162. The summed E-state index contributed by atoms with van der Waals surface area (Å²) in [7, 11) is -3.48. The van der Waals surface area contributed by atoms with Crippen molar-refractivity contribution in [2.75, 3.05) is 13.2 Å². The van der Waals surface area contributed by atoms with E-state index in [1.54, 1.807) is 12.1 Å². The van der Waals surface area contributed by atoms with Crippen LogP contribution in [0, 0.1) is 11.8 Å². The maximum Gasteiger partial charge on any atom is 0.277 e. The van der Waals surface area contributed by atoms with Crippen LogP contribution in [-0.4, -0.2) is 26.7 Å². The van der Waals surface area contributed by atoms with Gasteiger partial charge in [-0.1, -0.05) is 37.0 Å². The number of aliphatic hydroxyl groups is 1. The molecule has 0 amide bonds. The molecule has 0 atom stereocenters. The van der Waals surface area contributed by atoms with Crippen molar-refractivity contribution in [2.24, 2.45) is 0 Å².